The van der Waals surface area contributed by atoms with Gasteiger partial charge in [0.05, 0.1) is 18.5 Å². The number of rotatable bonds is 6. The molecule has 0 spiro atoms. The molecule has 6 nitrogen and oxygen atoms in total. The predicted octanol–water partition coefficient (Wildman–Crippen LogP) is -1.08. The normalized spacial score (nSPS) is 14.3. The van der Waals surface area contributed by atoms with E-state index in [0.717, 1.165) is 0 Å². The van der Waals surface area contributed by atoms with Crippen LogP contribution in [0.1, 0.15) is 27.2 Å². The molecule has 0 rings (SSSR count). The molecule has 2 atom stereocenters. The summed E-state index contributed by atoms with van der Waals surface area (Å²) in [6, 6.07) is -1.58. The first kappa shape index (κ1) is 14.6. The zero-order valence-electron chi connectivity index (χ0n) is 9.82. The lowest BCUT2D eigenvalue weighted by Crippen LogP contribution is -2.50. The van der Waals surface area contributed by atoms with E-state index < -0.39 is 23.9 Å². The van der Waals surface area contributed by atoms with Crippen LogP contribution in [0, 0.1) is 5.92 Å². The standard InChI is InChI=1S/C10H19N3O3/c1-5(2)9(12)10(16)13-7(6(3)14)4-8(11)15/h5,7,9H,4,12H2,1-3H3,(H2,11,15)(H,13,16). The first-order valence-electron chi connectivity index (χ1n) is 5.10. The third kappa shape index (κ3) is 4.88. The number of primary amides is 1. The average molecular weight is 229 g/mol. The van der Waals surface area contributed by atoms with Crippen LogP contribution in [-0.4, -0.2) is 29.7 Å². The number of nitrogens with two attached hydrogens (primary N) is 2. The second kappa shape index (κ2) is 6.22. The largest absolute Gasteiger partial charge is 0.370 e. The van der Waals surface area contributed by atoms with Gasteiger partial charge in [-0.15, -0.1) is 0 Å². The Balaban J connectivity index is 4.46. The van der Waals surface area contributed by atoms with Gasteiger partial charge in [0.2, 0.25) is 11.8 Å². The fourth-order valence-corrected chi connectivity index (χ4v) is 1.07. The second-order valence-corrected chi connectivity index (χ2v) is 4.11. The van der Waals surface area contributed by atoms with Crippen LogP contribution in [-0.2, 0) is 14.4 Å². The molecule has 6 heteroatoms. The zero-order chi connectivity index (χ0) is 12.9. The Morgan fingerprint density at radius 3 is 2.06 bits per heavy atom. The lowest BCUT2D eigenvalue weighted by atomic mass is 10.0. The lowest BCUT2D eigenvalue weighted by Gasteiger charge is -2.19. The highest BCUT2D eigenvalue weighted by Gasteiger charge is 2.24. The molecular weight excluding hydrogens is 210 g/mol. The summed E-state index contributed by atoms with van der Waals surface area (Å²) in [6.45, 7) is 4.87. The molecule has 92 valence electrons. The predicted molar refractivity (Wildman–Crippen MR) is 59.2 cm³/mol. The van der Waals surface area contributed by atoms with Crippen LogP contribution < -0.4 is 16.8 Å². The molecule has 0 saturated carbocycles. The summed E-state index contributed by atoms with van der Waals surface area (Å²) in [7, 11) is 0. The van der Waals surface area contributed by atoms with Crippen LogP contribution >= 0.6 is 0 Å². The van der Waals surface area contributed by atoms with E-state index in [1.54, 1.807) is 13.8 Å². The van der Waals surface area contributed by atoms with Crippen molar-refractivity contribution in [2.24, 2.45) is 17.4 Å². The van der Waals surface area contributed by atoms with Gasteiger partial charge in [-0.05, 0) is 12.8 Å². The van der Waals surface area contributed by atoms with E-state index in [2.05, 4.69) is 5.32 Å². The van der Waals surface area contributed by atoms with Crippen LogP contribution in [0.5, 0.6) is 0 Å². The van der Waals surface area contributed by atoms with Crippen LogP contribution in [0.15, 0.2) is 0 Å². The summed E-state index contributed by atoms with van der Waals surface area (Å²) in [5.41, 5.74) is 10.6. The van der Waals surface area contributed by atoms with Crippen molar-refractivity contribution in [1.29, 1.82) is 0 Å². The Morgan fingerprint density at radius 2 is 1.75 bits per heavy atom. The van der Waals surface area contributed by atoms with Crippen molar-refractivity contribution < 1.29 is 14.4 Å². The number of ketones is 1. The second-order valence-electron chi connectivity index (χ2n) is 4.11. The molecule has 0 saturated heterocycles. The molecule has 16 heavy (non-hydrogen) atoms. The first-order chi connectivity index (χ1) is 7.25. The van der Waals surface area contributed by atoms with E-state index in [9.17, 15) is 14.4 Å². The van der Waals surface area contributed by atoms with Gasteiger partial charge in [-0.2, -0.15) is 0 Å². The monoisotopic (exact) mass is 229 g/mol. The summed E-state index contributed by atoms with van der Waals surface area (Å²) >= 11 is 0. The number of hydrogen-bond donors (Lipinski definition) is 3. The maximum absolute atomic E-state index is 11.5. The first-order valence-corrected chi connectivity index (χ1v) is 5.10. The third-order valence-electron chi connectivity index (χ3n) is 2.23. The molecule has 5 N–H and O–H groups in total. The Kier molecular flexibility index (Phi) is 5.66. The van der Waals surface area contributed by atoms with Crippen molar-refractivity contribution in [1.82, 2.24) is 5.32 Å². The number of carbonyl (C=O) groups excluding carboxylic acids is 3. The lowest BCUT2D eigenvalue weighted by molar-refractivity contribution is -0.130. The van der Waals surface area contributed by atoms with Crippen LogP contribution in [0.25, 0.3) is 0 Å². The fraction of sp³-hybridized carbons (Fsp3) is 0.700. The maximum Gasteiger partial charge on any atom is 0.237 e. The van der Waals surface area contributed by atoms with E-state index in [-0.39, 0.29) is 18.1 Å². The van der Waals surface area contributed by atoms with E-state index in [1.165, 1.54) is 6.92 Å². The van der Waals surface area contributed by atoms with E-state index in [1.807, 2.05) is 0 Å². The Labute approximate surface area is 94.7 Å². The van der Waals surface area contributed by atoms with Gasteiger partial charge in [0.25, 0.3) is 0 Å². The van der Waals surface area contributed by atoms with E-state index in [4.69, 9.17) is 11.5 Å². The average Bonchev–Trinajstić information content (AvgIpc) is 2.14. The highest BCUT2D eigenvalue weighted by Crippen LogP contribution is 2.00. The zero-order valence-corrected chi connectivity index (χ0v) is 9.82. The topological polar surface area (TPSA) is 115 Å². The van der Waals surface area contributed by atoms with Gasteiger partial charge in [-0.3, -0.25) is 14.4 Å². The van der Waals surface area contributed by atoms with Crippen molar-refractivity contribution in [2.45, 2.75) is 39.3 Å². The molecular formula is C10H19N3O3. The molecule has 0 aromatic rings. The smallest absolute Gasteiger partial charge is 0.237 e. The number of hydrogen-bond acceptors (Lipinski definition) is 4. The van der Waals surface area contributed by atoms with Crippen molar-refractivity contribution in [2.75, 3.05) is 0 Å². The molecule has 0 aromatic heterocycles. The minimum atomic E-state index is -0.880. The van der Waals surface area contributed by atoms with Crippen LogP contribution in [0.4, 0.5) is 0 Å². The van der Waals surface area contributed by atoms with Gasteiger partial charge in [-0.25, -0.2) is 0 Å². The molecule has 0 radical (unpaired) electrons. The van der Waals surface area contributed by atoms with Crippen molar-refractivity contribution in [3.05, 3.63) is 0 Å². The van der Waals surface area contributed by atoms with Crippen LogP contribution in [0.3, 0.4) is 0 Å². The molecule has 0 aliphatic rings. The summed E-state index contributed by atoms with van der Waals surface area (Å²) in [6.07, 6.45) is -0.202. The summed E-state index contributed by atoms with van der Waals surface area (Å²) in [5, 5.41) is 2.41. The molecule has 0 aromatic carbocycles. The van der Waals surface area contributed by atoms with Crippen LogP contribution in [0.2, 0.25) is 0 Å². The maximum atomic E-state index is 11.5. The molecule has 2 unspecified atom stereocenters. The van der Waals surface area contributed by atoms with Crippen molar-refractivity contribution in [3.8, 4) is 0 Å². The van der Waals surface area contributed by atoms with Gasteiger partial charge >= 0.3 is 0 Å². The highest BCUT2D eigenvalue weighted by molar-refractivity contribution is 5.92. The van der Waals surface area contributed by atoms with Gasteiger partial charge in [0, 0.05) is 0 Å². The number of Topliss-reactive ketones (excluding diaryl/α,β-unsaturated/α-hetero) is 1. The van der Waals surface area contributed by atoms with Gasteiger partial charge in [0.15, 0.2) is 5.78 Å². The highest BCUT2D eigenvalue weighted by atomic mass is 16.2. The summed E-state index contributed by atoms with van der Waals surface area (Å²) in [5.74, 6) is -1.45. The molecule has 0 aliphatic carbocycles. The van der Waals surface area contributed by atoms with Crippen molar-refractivity contribution in [3.63, 3.8) is 0 Å². The van der Waals surface area contributed by atoms with Gasteiger partial charge in [-0.1, -0.05) is 13.8 Å². The molecule has 0 heterocycles. The van der Waals surface area contributed by atoms with E-state index >= 15 is 0 Å². The Hall–Kier alpha value is -1.43. The SMILES string of the molecule is CC(=O)C(CC(N)=O)NC(=O)C(N)C(C)C. The number of carbonyl (C=O) groups is 3. The quantitative estimate of drug-likeness (QED) is 0.537. The Bertz CT molecular complexity index is 289. The minimum Gasteiger partial charge on any atom is -0.370 e. The van der Waals surface area contributed by atoms with Gasteiger partial charge in [0.1, 0.15) is 0 Å². The fourth-order valence-electron chi connectivity index (χ4n) is 1.07. The van der Waals surface area contributed by atoms with E-state index in [0.29, 0.717) is 0 Å². The molecule has 0 bridgehead atoms. The number of amides is 2. The minimum absolute atomic E-state index is 0.0406. The third-order valence-corrected chi connectivity index (χ3v) is 2.23. The molecule has 2 amide bonds. The summed E-state index contributed by atoms with van der Waals surface area (Å²) in [4.78, 5) is 33.4. The van der Waals surface area contributed by atoms with Crippen molar-refractivity contribution >= 4 is 17.6 Å². The van der Waals surface area contributed by atoms with Gasteiger partial charge < -0.3 is 16.8 Å². The Morgan fingerprint density at radius 1 is 1.25 bits per heavy atom. The molecule has 0 fully saturated rings. The number of nitrogens with one attached hydrogen (secondary N) is 1. The molecule has 0 aliphatic heterocycles. The summed E-state index contributed by atoms with van der Waals surface area (Å²) < 4.78 is 0.